The lowest BCUT2D eigenvalue weighted by Gasteiger charge is -2.35. The van der Waals surface area contributed by atoms with Gasteiger partial charge in [0.1, 0.15) is 11.4 Å². The fourth-order valence-corrected chi connectivity index (χ4v) is 4.48. The number of thiocarbonyl (C=S) groups is 1. The maximum atomic E-state index is 12.3. The summed E-state index contributed by atoms with van der Waals surface area (Å²) in [5, 5.41) is 6.75. The summed E-state index contributed by atoms with van der Waals surface area (Å²) in [6.45, 7) is 12.4. The monoisotopic (exact) mass is 527 g/mol. The second kappa shape index (κ2) is 11.9. The van der Waals surface area contributed by atoms with E-state index in [1.54, 1.807) is 11.1 Å². The first-order valence-corrected chi connectivity index (χ1v) is 13.0. The minimum absolute atomic E-state index is 0.250. The number of piperazine rings is 1. The summed E-state index contributed by atoms with van der Waals surface area (Å²) in [6, 6.07) is 9.91. The van der Waals surface area contributed by atoms with Crippen LogP contribution >= 0.6 is 12.2 Å². The Hall–Kier alpha value is -3.15. The highest BCUT2D eigenvalue weighted by molar-refractivity contribution is 7.80. The molecule has 0 bridgehead atoms. The maximum Gasteiger partial charge on any atom is 0.410 e. The van der Waals surface area contributed by atoms with Gasteiger partial charge in [-0.25, -0.2) is 9.78 Å². The summed E-state index contributed by atoms with van der Waals surface area (Å²) in [7, 11) is 0. The van der Waals surface area contributed by atoms with E-state index in [9.17, 15) is 4.79 Å². The molecule has 0 saturated carbocycles. The average molecular weight is 528 g/mol. The maximum absolute atomic E-state index is 12.3. The van der Waals surface area contributed by atoms with Crippen molar-refractivity contribution in [3.05, 3.63) is 42.1 Å². The topological polar surface area (TPSA) is 108 Å². The van der Waals surface area contributed by atoms with Crippen LogP contribution in [-0.4, -0.2) is 84.1 Å². The molecule has 2 aliphatic heterocycles. The van der Waals surface area contributed by atoms with E-state index < -0.39 is 5.60 Å². The van der Waals surface area contributed by atoms with Crippen molar-refractivity contribution in [1.82, 2.24) is 14.8 Å². The molecular weight excluding hydrogens is 490 g/mol. The van der Waals surface area contributed by atoms with Gasteiger partial charge in [-0.1, -0.05) is 0 Å². The number of nitrogen functional groups attached to an aromatic ring is 1. The number of ether oxygens (including phenoxy) is 2. The van der Waals surface area contributed by atoms with Crippen LogP contribution in [0.2, 0.25) is 0 Å². The molecule has 4 rings (SSSR count). The van der Waals surface area contributed by atoms with E-state index in [4.69, 9.17) is 27.4 Å². The number of aromatic nitrogens is 1. The van der Waals surface area contributed by atoms with Crippen LogP contribution in [0.1, 0.15) is 26.3 Å². The Balaban J connectivity index is 1.27. The summed E-state index contributed by atoms with van der Waals surface area (Å²) < 4.78 is 10.9. The molecule has 0 spiro atoms. The van der Waals surface area contributed by atoms with E-state index >= 15 is 0 Å². The van der Waals surface area contributed by atoms with Gasteiger partial charge in [0.25, 0.3) is 0 Å². The molecule has 1 aromatic carbocycles. The van der Waals surface area contributed by atoms with E-state index in [-0.39, 0.29) is 6.09 Å². The predicted octanol–water partition coefficient (Wildman–Crippen LogP) is 3.36. The Labute approximate surface area is 224 Å². The number of benzene rings is 1. The molecule has 4 N–H and O–H groups in total. The second-order valence-electron chi connectivity index (χ2n) is 10.2. The molecule has 10 nitrogen and oxygen atoms in total. The molecule has 37 heavy (non-hydrogen) atoms. The highest BCUT2D eigenvalue weighted by Crippen LogP contribution is 2.26. The molecule has 2 aliphatic rings. The van der Waals surface area contributed by atoms with Gasteiger partial charge in [0.15, 0.2) is 5.11 Å². The van der Waals surface area contributed by atoms with Crippen molar-refractivity contribution in [2.45, 2.75) is 32.9 Å². The van der Waals surface area contributed by atoms with Gasteiger partial charge in [-0.3, -0.25) is 4.90 Å². The normalized spacial score (nSPS) is 16.8. The molecule has 200 valence electrons. The van der Waals surface area contributed by atoms with Crippen molar-refractivity contribution in [3.8, 4) is 0 Å². The number of pyridine rings is 1. The predicted molar refractivity (Wildman–Crippen MR) is 151 cm³/mol. The van der Waals surface area contributed by atoms with Gasteiger partial charge in [0.05, 0.1) is 24.6 Å². The van der Waals surface area contributed by atoms with Gasteiger partial charge < -0.3 is 35.6 Å². The third-order valence-corrected chi connectivity index (χ3v) is 6.36. The fourth-order valence-electron chi connectivity index (χ4n) is 4.27. The largest absolute Gasteiger partial charge is 0.444 e. The zero-order valence-electron chi connectivity index (χ0n) is 21.8. The number of nitrogens with zero attached hydrogens (tertiary/aromatic N) is 4. The number of rotatable bonds is 5. The third-order valence-electron chi connectivity index (χ3n) is 6.16. The number of hydrogen-bond donors (Lipinski definition) is 3. The summed E-state index contributed by atoms with van der Waals surface area (Å²) >= 11 is 5.51. The van der Waals surface area contributed by atoms with Crippen molar-refractivity contribution in [1.29, 1.82) is 0 Å². The van der Waals surface area contributed by atoms with Crippen molar-refractivity contribution in [2.24, 2.45) is 0 Å². The molecule has 0 unspecified atom stereocenters. The van der Waals surface area contributed by atoms with Gasteiger partial charge in [-0.15, -0.1) is 0 Å². The minimum Gasteiger partial charge on any atom is -0.444 e. The van der Waals surface area contributed by atoms with Crippen molar-refractivity contribution in [3.63, 3.8) is 0 Å². The number of morpholine rings is 1. The van der Waals surface area contributed by atoms with E-state index in [1.807, 2.05) is 51.1 Å². The lowest BCUT2D eigenvalue weighted by molar-refractivity contribution is 0.0139. The molecule has 1 amide bonds. The minimum atomic E-state index is -0.484. The first-order valence-electron chi connectivity index (χ1n) is 12.6. The first-order chi connectivity index (χ1) is 17.7. The fraction of sp³-hybridized carbons (Fsp3) is 0.500. The number of amides is 1. The summed E-state index contributed by atoms with van der Waals surface area (Å²) in [5.41, 5.74) is 9.37. The number of carbonyl (C=O) groups excluding carboxylic acids is 1. The van der Waals surface area contributed by atoms with Crippen molar-refractivity contribution < 1.29 is 14.3 Å². The van der Waals surface area contributed by atoms with Gasteiger partial charge >= 0.3 is 6.09 Å². The van der Waals surface area contributed by atoms with Crippen LogP contribution in [0, 0.1) is 0 Å². The van der Waals surface area contributed by atoms with Crippen LogP contribution in [-0.2, 0) is 16.0 Å². The summed E-state index contributed by atoms with van der Waals surface area (Å²) in [4.78, 5) is 23.0. The number of hydrogen-bond acceptors (Lipinski definition) is 8. The second-order valence-corrected chi connectivity index (χ2v) is 10.7. The van der Waals surface area contributed by atoms with Crippen LogP contribution in [0.25, 0.3) is 0 Å². The lowest BCUT2D eigenvalue weighted by Crippen LogP contribution is -2.49. The standard InChI is InChI=1S/C26H37N7O3S/c1-26(2,3)36-25(34)33-10-8-31(9-11-33)18-19-6-7-28-23(16-19)30-24(37)29-22-5-4-20(17-21(22)27)32-12-14-35-15-13-32/h4-7,16-17H,8-15,18,27H2,1-3H3,(H2,28,29,30,37). The molecule has 0 atom stereocenters. The molecular formula is C26H37N7O3S. The van der Waals surface area contributed by atoms with E-state index in [1.165, 1.54) is 0 Å². The Bertz CT molecular complexity index is 1090. The summed E-state index contributed by atoms with van der Waals surface area (Å²) in [6.07, 6.45) is 1.52. The van der Waals surface area contributed by atoms with Crippen LogP contribution in [0.4, 0.5) is 27.7 Å². The van der Waals surface area contributed by atoms with Crippen LogP contribution < -0.4 is 21.3 Å². The smallest absolute Gasteiger partial charge is 0.410 e. The average Bonchev–Trinajstić information content (AvgIpc) is 2.85. The van der Waals surface area contributed by atoms with Crippen LogP contribution in [0.5, 0.6) is 0 Å². The molecule has 2 fully saturated rings. The number of anilines is 4. The molecule has 0 aliphatic carbocycles. The molecule has 1 aromatic heterocycles. The van der Waals surface area contributed by atoms with E-state index in [2.05, 4.69) is 25.4 Å². The van der Waals surface area contributed by atoms with Gasteiger partial charge in [0, 0.05) is 57.7 Å². The molecule has 11 heteroatoms. The lowest BCUT2D eigenvalue weighted by atomic mass is 10.2. The van der Waals surface area contributed by atoms with E-state index in [0.29, 0.717) is 29.7 Å². The summed E-state index contributed by atoms with van der Waals surface area (Å²) in [5.74, 6) is 0.658. The third kappa shape index (κ3) is 7.91. The highest BCUT2D eigenvalue weighted by Gasteiger charge is 2.25. The number of nitrogens with two attached hydrogens (primary N) is 1. The number of nitrogens with one attached hydrogen (secondary N) is 2. The highest BCUT2D eigenvalue weighted by atomic mass is 32.1. The van der Waals surface area contributed by atoms with Gasteiger partial charge in [-0.05, 0) is 68.9 Å². The van der Waals surface area contributed by atoms with Crippen LogP contribution in [0.15, 0.2) is 36.5 Å². The quantitative estimate of drug-likeness (QED) is 0.396. The molecule has 2 saturated heterocycles. The van der Waals surface area contributed by atoms with E-state index in [0.717, 1.165) is 62.9 Å². The Morgan fingerprint density at radius 2 is 1.81 bits per heavy atom. The van der Waals surface area contributed by atoms with Gasteiger partial charge in [0.2, 0.25) is 0 Å². The Morgan fingerprint density at radius 1 is 1.08 bits per heavy atom. The van der Waals surface area contributed by atoms with Crippen molar-refractivity contribution in [2.75, 3.05) is 73.7 Å². The molecule has 0 radical (unpaired) electrons. The number of carbonyl (C=O) groups is 1. The van der Waals surface area contributed by atoms with Gasteiger partial charge in [-0.2, -0.15) is 0 Å². The zero-order valence-corrected chi connectivity index (χ0v) is 22.6. The van der Waals surface area contributed by atoms with Crippen LogP contribution in [0.3, 0.4) is 0 Å². The first kappa shape index (κ1) is 26.9. The Morgan fingerprint density at radius 3 is 2.49 bits per heavy atom. The van der Waals surface area contributed by atoms with Crippen molar-refractivity contribution >= 4 is 46.3 Å². The molecule has 2 aromatic rings. The SMILES string of the molecule is CC(C)(C)OC(=O)N1CCN(Cc2ccnc(NC(=S)Nc3ccc(N4CCOCC4)cc3N)c2)CC1. The zero-order chi connectivity index (χ0) is 26.4. The Kier molecular flexibility index (Phi) is 8.67. The molecule has 3 heterocycles.